The number of allylic oxidation sites excluding steroid dienone is 1. The Morgan fingerprint density at radius 2 is 2.03 bits per heavy atom. The Morgan fingerprint density at radius 1 is 1.23 bits per heavy atom. The SMILES string of the molecule is CNC(=S)NS(=O)(=O)c1cc(CCNC(=O)C2=CCCCC2)ccc1OCCOC. The average Bonchev–Trinajstić information content (AvgIpc) is 2.74. The quantitative estimate of drug-likeness (QED) is 0.364. The maximum Gasteiger partial charge on any atom is 0.267 e. The van der Waals surface area contributed by atoms with Crippen LogP contribution in [0, 0.1) is 0 Å². The van der Waals surface area contributed by atoms with E-state index in [4.69, 9.17) is 21.7 Å². The first-order valence-corrected chi connectivity index (χ1v) is 11.7. The van der Waals surface area contributed by atoms with Crippen molar-refractivity contribution in [3.05, 3.63) is 35.4 Å². The molecule has 2 rings (SSSR count). The van der Waals surface area contributed by atoms with Crippen LogP contribution in [0.4, 0.5) is 0 Å². The van der Waals surface area contributed by atoms with Crippen molar-refractivity contribution >= 4 is 33.3 Å². The lowest BCUT2D eigenvalue weighted by Crippen LogP contribution is -2.37. The molecular formula is C20H29N3O5S2. The van der Waals surface area contributed by atoms with Gasteiger partial charge in [-0.3, -0.25) is 9.52 Å². The first-order valence-electron chi connectivity index (χ1n) is 9.84. The third-order valence-corrected chi connectivity index (χ3v) is 6.38. The van der Waals surface area contributed by atoms with Crippen molar-refractivity contribution in [3.8, 4) is 5.75 Å². The molecule has 0 radical (unpaired) electrons. The number of carbonyl (C=O) groups is 1. The second-order valence-corrected chi connectivity index (χ2v) is 8.85. The molecule has 0 unspecified atom stereocenters. The lowest BCUT2D eigenvalue weighted by atomic mass is 9.99. The molecule has 0 aliphatic heterocycles. The van der Waals surface area contributed by atoms with Crippen molar-refractivity contribution < 1.29 is 22.7 Å². The zero-order valence-corrected chi connectivity index (χ0v) is 19.0. The summed E-state index contributed by atoms with van der Waals surface area (Å²) < 4.78 is 38.4. The summed E-state index contributed by atoms with van der Waals surface area (Å²) in [5.74, 6) is 0.154. The van der Waals surface area contributed by atoms with Crippen molar-refractivity contribution in [1.82, 2.24) is 15.4 Å². The molecule has 30 heavy (non-hydrogen) atoms. The van der Waals surface area contributed by atoms with Gasteiger partial charge in [-0.2, -0.15) is 0 Å². The maximum atomic E-state index is 12.8. The van der Waals surface area contributed by atoms with E-state index in [0.29, 0.717) is 19.6 Å². The molecule has 3 N–H and O–H groups in total. The van der Waals surface area contributed by atoms with Crippen molar-refractivity contribution in [1.29, 1.82) is 0 Å². The fourth-order valence-electron chi connectivity index (χ4n) is 2.98. The summed E-state index contributed by atoms with van der Waals surface area (Å²) in [5, 5.41) is 5.47. The van der Waals surface area contributed by atoms with Gasteiger partial charge in [0.05, 0.1) is 6.61 Å². The minimum absolute atomic E-state index is 0.0173. The molecule has 166 valence electrons. The lowest BCUT2D eigenvalue weighted by Gasteiger charge is -2.15. The van der Waals surface area contributed by atoms with E-state index >= 15 is 0 Å². The second kappa shape index (κ2) is 11.9. The zero-order chi connectivity index (χ0) is 22.0. The Hall–Kier alpha value is -2.17. The average molecular weight is 456 g/mol. The Morgan fingerprint density at radius 3 is 2.70 bits per heavy atom. The van der Waals surface area contributed by atoms with E-state index in [1.54, 1.807) is 12.1 Å². The minimum atomic E-state index is -3.94. The molecule has 0 heterocycles. The highest BCUT2D eigenvalue weighted by Crippen LogP contribution is 2.25. The van der Waals surface area contributed by atoms with Crippen LogP contribution in [0.15, 0.2) is 34.7 Å². The number of benzene rings is 1. The van der Waals surface area contributed by atoms with Gasteiger partial charge < -0.3 is 20.1 Å². The van der Waals surface area contributed by atoms with Crippen LogP contribution in [-0.4, -0.2) is 53.4 Å². The molecule has 0 atom stereocenters. The van der Waals surface area contributed by atoms with E-state index in [0.717, 1.165) is 36.8 Å². The highest BCUT2D eigenvalue weighted by molar-refractivity contribution is 7.92. The fourth-order valence-corrected chi connectivity index (χ4v) is 4.46. The normalized spacial score (nSPS) is 13.9. The number of thiocarbonyl (C=S) groups is 1. The fraction of sp³-hybridized carbons (Fsp3) is 0.500. The standard InChI is InChI=1S/C20H29N3O5S2/c1-21-20(29)23-30(25,26)18-14-15(8-9-17(18)28-13-12-27-2)10-11-22-19(24)16-6-4-3-5-7-16/h6,8-9,14H,3-5,7,10-13H2,1-2H3,(H,22,24)(H2,21,23,29). The molecule has 8 nitrogen and oxygen atoms in total. The van der Waals surface area contributed by atoms with E-state index in [1.807, 2.05) is 6.08 Å². The van der Waals surface area contributed by atoms with Crippen LogP contribution in [0.25, 0.3) is 0 Å². The van der Waals surface area contributed by atoms with Crippen LogP contribution in [-0.2, 0) is 26.0 Å². The number of amides is 1. The number of sulfonamides is 1. The molecule has 10 heteroatoms. The van der Waals surface area contributed by atoms with Crippen LogP contribution >= 0.6 is 12.2 Å². The van der Waals surface area contributed by atoms with Gasteiger partial charge in [0, 0.05) is 26.3 Å². The van der Waals surface area contributed by atoms with Gasteiger partial charge in [-0.05, 0) is 62.0 Å². The summed E-state index contributed by atoms with van der Waals surface area (Å²) in [4.78, 5) is 12.2. The smallest absolute Gasteiger partial charge is 0.267 e. The van der Waals surface area contributed by atoms with Gasteiger partial charge >= 0.3 is 0 Å². The number of hydrogen-bond acceptors (Lipinski definition) is 6. The Bertz CT molecular complexity index is 884. The van der Waals surface area contributed by atoms with Crippen molar-refractivity contribution in [2.75, 3.05) is 33.9 Å². The van der Waals surface area contributed by atoms with Crippen molar-refractivity contribution in [2.24, 2.45) is 0 Å². The first kappa shape index (κ1) is 24.1. The third kappa shape index (κ3) is 7.26. The van der Waals surface area contributed by atoms with Gasteiger partial charge in [0.25, 0.3) is 10.0 Å². The largest absolute Gasteiger partial charge is 0.490 e. The van der Waals surface area contributed by atoms with Gasteiger partial charge in [-0.25, -0.2) is 8.42 Å². The van der Waals surface area contributed by atoms with Crippen LogP contribution in [0.3, 0.4) is 0 Å². The number of carbonyl (C=O) groups excluding carboxylic acids is 1. The number of nitrogens with one attached hydrogen (secondary N) is 3. The highest BCUT2D eigenvalue weighted by Gasteiger charge is 2.22. The van der Waals surface area contributed by atoms with E-state index < -0.39 is 10.0 Å². The number of methoxy groups -OCH3 is 1. The maximum absolute atomic E-state index is 12.8. The van der Waals surface area contributed by atoms with E-state index in [2.05, 4.69) is 15.4 Å². The lowest BCUT2D eigenvalue weighted by molar-refractivity contribution is -0.117. The third-order valence-electron chi connectivity index (χ3n) is 4.58. The summed E-state index contributed by atoms with van der Waals surface area (Å²) in [6.45, 7) is 0.938. The summed E-state index contributed by atoms with van der Waals surface area (Å²) in [6, 6.07) is 4.92. The number of ether oxygens (including phenoxy) is 2. The zero-order valence-electron chi connectivity index (χ0n) is 17.3. The molecule has 0 spiro atoms. The molecule has 1 aromatic rings. The van der Waals surface area contributed by atoms with Gasteiger partial charge in [0.2, 0.25) is 5.91 Å². The summed E-state index contributed by atoms with van der Waals surface area (Å²) in [5.41, 5.74) is 1.58. The molecule has 1 aliphatic rings. The van der Waals surface area contributed by atoms with Crippen molar-refractivity contribution in [2.45, 2.75) is 37.0 Å². The predicted octanol–water partition coefficient (Wildman–Crippen LogP) is 1.65. The monoisotopic (exact) mass is 455 g/mol. The van der Waals surface area contributed by atoms with E-state index in [1.165, 1.54) is 20.2 Å². The van der Waals surface area contributed by atoms with E-state index in [9.17, 15) is 13.2 Å². The molecule has 1 amide bonds. The molecule has 1 aromatic carbocycles. The number of hydrogen-bond donors (Lipinski definition) is 3. The van der Waals surface area contributed by atoms with Crippen molar-refractivity contribution in [3.63, 3.8) is 0 Å². The molecule has 0 bridgehead atoms. The summed E-state index contributed by atoms with van der Waals surface area (Å²) in [7, 11) is -0.871. The van der Waals surface area contributed by atoms with Gasteiger partial charge in [0.1, 0.15) is 17.3 Å². The molecule has 0 aromatic heterocycles. The Labute approximate surface area is 183 Å². The highest BCUT2D eigenvalue weighted by atomic mass is 32.2. The van der Waals surface area contributed by atoms with Gasteiger partial charge in [-0.1, -0.05) is 12.1 Å². The second-order valence-electron chi connectivity index (χ2n) is 6.79. The summed E-state index contributed by atoms with van der Waals surface area (Å²) in [6.07, 6.45) is 6.38. The predicted molar refractivity (Wildman–Crippen MR) is 119 cm³/mol. The van der Waals surface area contributed by atoms with Crippen LogP contribution in [0.5, 0.6) is 5.75 Å². The van der Waals surface area contributed by atoms with Crippen LogP contribution in [0.1, 0.15) is 31.2 Å². The van der Waals surface area contributed by atoms with Crippen LogP contribution in [0.2, 0.25) is 0 Å². The van der Waals surface area contributed by atoms with Gasteiger partial charge in [0.15, 0.2) is 5.11 Å². The molecule has 1 aliphatic carbocycles. The number of rotatable bonds is 10. The topological polar surface area (TPSA) is 106 Å². The molecule has 0 saturated heterocycles. The molecule has 0 saturated carbocycles. The van der Waals surface area contributed by atoms with Gasteiger partial charge in [-0.15, -0.1) is 0 Å². The van der Waals surface area contributed by atoms with Crippen LogP contribution < -0.4 is 20.1 Å². The Kier molecular flexibility index (Phi) is 9.54. The molecular weight excluding hydrogens is 426 g/mol. The van der Waals surface area contributed by atoms with E-state index in [-0.39, 0.29) is 28.3 Å². The minimum Gasteiger partial charge on any atom is -0.490 e. The first-order chi connectivity index (χ1) is 14.4. The summed E-state index contributed by atoms with van der Waals surface area (Å²) >= 11 is 4.93. The molecule has 0 fully saturated rings. The Balaban J connectivity index is 2.11.